The van der Waals surface area contributed by atoms with Gasteiger partial charge < -0.3 is 15.6 Å². The zero-order chi connectivity index (χ0) is 20.1. The van der Waals surface area contributed by atoms with E-state index in [4.69, 9.17) is 4.98 Å². The number of hydrogen-bond donors (Lipinski definition) is 3. The molecule has 2 amide bonds. The molecule has 0 radical (unpaired) electrons. The predicted molar refractivity (Wildman–Crippen MR) is 115 cm³/mol. The molecule has 5 nitrogen and oxygen atoms in total. The van der Waals surface area contributed by atoms with Gasteiger partial charge in [-0.05, 0) is 55.6 Å². The summed E-state index contributed by atoms with van der Waals surface area (Å²) in [5.41, 5.74) is 3.56. The van der Waals surface area contributed by atoms with Crippen LogP contribution in [0, 0.1) is 23.7 Å². The minimum absolute atomic E-state index is 0.0557. The van der Waals surface area contributed by atoms with Crippen molar-refractivity contribution in [3.63, 3.8) is 0 Å². The summed E-state index contributed by atoms with van der Waals surface area (Å²) < 4.78 is 0. The molecule has 0 fully saturated rings. The van der Waals surface area contributed by atoms with Gasteiger partial charge in [-0.25, -0.2) is 9.78 Å². The van der Waals surface area contributed by atoms with Crippen LogP contribution >= 0.6 is 0 Å². The van der Waals surface area contributed by atoms with Crippen molar-refractivity contribution < 1.29 is 4.79 Å². The maximum Gasteiger partial charge on any atom is 0.314 e. The van der Waals surface area contributed by atoms with Gasteiger partial charge in [0.2, 0.25) is 0 Å². The highest BCUT2D eigenvalue weighted by molar-refractivity contribution is 5.74. The van der Waals surface area contributed by atoms with Crippen molar-refractivity contribution in [2.45, 2.75) is 47.0 Å². The Kier molecular flexibility index (Phi) is 6.76. The van der Waals surface area contributed by atoms with Gasteiger partial charge in [0.15, 0.2) is 0 Å². The van der Waals surface area contributed by atoms with Crippen molar-refractivity contribution in [3.8, 4) is 0 Å². The minimum atomic E-state index is -0.0557. The normalized spacial score (nSPS) is 22.3. The van der Waals surface area contributed by atoms with Crippen molar-refractivity contribution in [3.05, 3.63) is 41.7 Å². The molecule has 0 unspecified atom stereocenters. The predicted octanol–water partition coefficient (Wildman–Crippen LogP) is 4.67. The van der Waals surface area contributed by atoms with Gasteiger partial charge in [-0.15, -0.1) is 0 Å². The van der Waals surface area contributed by atoms with E-state index in [0.717, 1.165) is 42.7 Å². The highest BCUT2D eigenvalue weighted by atomic mass is 16.2. The fourth-order valence-electron chi connectivity index (χ4n) is 4.36. The standard InChI is InChI=1S/C23H34N4O/c1-5-10-24-23(28)25-14-18-11-16(4)17(12-19(18)15(2)3)13-22-26-20-8-6-7-9-21(20)27-22/h6-9,11,15,17-19H,5,10,12-14H2,1-4H3,(H,26,27)(H2,24,25,28)/t17-,18-,19-/m0/s1. The Labute approximate surface area is 168 Å². The Balaban J connectivity index is 1.68. The number of amides is 2. The first-order valence-electron chi connectivity index (χ1n) is 10.6. The summed E-state index contributed by atoms with van der Waals surface area (Å²) >= 11 is 0. The number of fused-ring (bicyclic) bond motifs is 1. The van der Waals surface area contributed by atoms with Gasteiger partial charge in [-0.2, -0.15) is 0 Å². The number of carbonyl (C=O) groups excluding carboxylic acids is 1. The number of hydrogen-bond acceptors (Lipinski definition) is 2. The summed E-state index contributed by atoms with van der Waals surface area (Å²) in [5, 5.41) is 5.96. The number of aromatic amines is 1. The van der Waals surface area contributed by atoms with Crippen LogP contribution in [0.25, 0.3) is 11.0 Å². The lowest BCUT2D eigenvalue weighted by atomic mass is 9.70. The number of aromatic nitrogens is 2. The third-order valence-corrected chi connectivity index (χ3v) is 6.00. The average molecular weight is 383 g/mol. The van der Waals surface area contributed by atoms with Gasteiger partial charge in [0, 0.05) is 19.5 Å². The zero-order valence-electron chi connectivity index (χ0n) is 17.6. The van der Waals surface area contributed by atoms with Crippen LogP contribution in [0.15, 0.2) is 35.9 Å². The summed E-state index contributed by atoms with van der Waals surface area (Å²) in [6, 6.07) is 8.15. The molecule has 1 aliphatic rings. The number of carbonyl (C=O) groups is 1. The van der Waals surface area contributed by atoms with E-state index in [1.54, 1.807) is 0 Å². The van der Waals surface area contributed by atoms with E-state index in [-0.39, 0.29) is 6.03 Å². The third kappa shape index (κ3) is 4.94. The second-order valence-electron chi connectivity index (χ2n) is 8.46. The fraction of sp³-hybridized carbons (Fsp3) is 0.565. The number of allylic oxidation sites excluding steroid dienone is 1. The lowest BCUT2D eigenvalue weighted by Crippen LogP contribution is -2.41. The van der Waals surface area contributed by atoms with E-state index in [1.165, 1.54) is 5.57 Å². The van der Waals surface area contributed by atoms with Crippen LogP contribution in [-0.4, -0.2) is 29.1 Å². The highest BCUT2D eigenvalue weighted by Crippen LogP contribution is 2.38. The molecule has 1 heterocycles. The Morgan fingerprint density at radius 1 is 1.29 bits per heavy atom. The number of nitrogens with one attached hydrogen (secondary N) is 3. The lowest BCUT2D eigenvalue weighted by Gasteiger charge is -2.37. The number of rotatable bonds is 7. The molecule has 0 bridgehead atoms. The van der Waals surface area contributed by atoms with Crippen LogP contribution in [0.1, 0.15) is 46.4 Å². The molecule has 1 aliphatic carbocycles. The monoisotopic (exact) mass is 382 g/mol. The van der Waals surface area contributed by atoms with Crippen LogP contribution < -0.4 is 10.6 Å². The lowest BCUT2D eigenvalue weighted by molar-refractivity contribution is 0.213. The molecule has 28 heavy (non-hydrogen) atoms. The van der Waals surface area contributed by atoms with Crippen molar-refractivity contribution in [2.24, 2.45) is 23.7 Å². The molecule has 0 aliphatic heterocycles. The van der Waals surface area contributed by atoms with Crippen molar-refractivity contribution in [2.75, 3.05) is 13.1 Å². The molecule has 3 rings (SSSR count). The number of para-hydroxylation sites is 2. The van der Waals surface area contributed by atoms with Gasteiger partial charge >= 0.3 is 6.03 Å². The summed E-state index contributed by atoms with van der Waals surface area (Å²) in [5.74, 6) is 3.09. The summed E-state index contributed by atoms with van der Waals surface area (Å²) in [4.78, 5) is 20.2. The fourth-order valence-corrected chi connectivity index (χ4v) is 4.36. The van der Waals surface area contributed by atoms with Crippen molar-refractivity contribution in [1.82, 2.24) is 20.6 Å². The van der Waals surface area contributed by atoms with E-state index in [9.17, 15) is 4.79 Å². The van der Waals surface area contributed by atoms with Crippen LogP contribution in [0.3, 0.4) is 0 Å². The third-order valence-electron chi connectivity index (χ3n) is 6.00. The molecule has 5 heteroatoms. The molecule has 1 aromatic heterocycles. The molecule has 0 saturated carbocycles. The van der Waals surface area contributed by atoms with Gasteiger partial charge in [0.25, 0.3) is 0 Å². The molecule has 3 atom stereocenters. The van der Waals surface area contributed by atoms with Crippen LogP contribution in [-0.2, 0) is 6.42 Å². The van der Waals surface area contributed by atoms with E-state index in [0.29, 0.717) is 30.2 Å². The summed E-state index contributed by atoms with van der Waals surface area (Å²) in [7, 11) is 0. The Morgan fingerprint density at radius 2 is 2.07 bits per heavy atom. The first-order valence-corrected chi connectivity index (χ1v) is 10.6. The molecule has 0 saturated heterocycles. The Morgan fingerprint density at radius 3 is 2.79 bits per heavy atom. The van der Waals surface area contributed by atoms with Crippen LogP contribution in [0.5, 0.6) is 0 Å². The van der Waals surface area contributed by atoms with E-state index < -0.39 is 0 Å². The number of nitrogens with zero attached hydrogens (tertiary/aromatic N) is 1. The topological polar surface area (TPSA) is 69.8 Å². The van der Waals surface area contributed by atoms with E-state index >= 15 is 0 Å². The second-order valence-corrected chi connectivity index (χ2v) is 8.46. The zero-order valence-corrected chi connectivity index (χ0v) is 17.6. The molecule has 0 spiro atoms. The Hall–Kier alpha value is -2.30. The highest BCUT2D eigenvalue weighted by Gasteiger charge is 2.32. The average Bonchev–Trinajstić information content (AvgIpc) is 3.08. The van der Waals surface area contributed by atoms with E-state index in [1.807, 2.05) is 12.1 Å². The first-order chi connectivity index (χ1) is 13.5. The van der Waals surface area contributed by atoms with Gasteiger partial charge in [-0.3, -0.25) is 0 Å². The van der Waals surface area contributed by atoms with Gasteiger partial charge in [0.05, 0.1) is 11.0 Å². The minimum Gasteiger partial charge on any atom is -0.342 e. The molecule has 3 N–H and O–H groups in total. The number of benzene rings is 1. The number of urea groups is 1. The SMILES string of the molecule is CCCNC(=O)NC[C@@H]1C=C(C)[C@H](Cc2nc3ccccc3[nH]2)C[C@H]1C(C)C. The Bertz CT molecular complexity index is 790. The summed E-state index contributed by atoms with van der Waals surface area (Å²) in [6.45, 7) is 10.3. The quantitative estimate of drug-likeness (QED) is 0.609. The smallest absolute Gasteiger partial charge is 0.314 e. The molecule has 2 aromatic rings. The first kappa shape index (κ1) is 20.4. The van der Waals surface area contributed by atoms with Crippen molar-refractivity contribution in [1.29, 1.82) is 0 Å². The van der Waals surface area contributed by atoms with Gasteiger partial charge in [0.1, 0.15) is 5.82 Å². The van der Waals surface area contributed by atoms with Crippen LogP contribution in [0.4, 0.5) is 4.79 Å². The molecule has 1 aromatic carbocycles. The number of imidazole rings is 1. The molecular weight excluding hydrogens is 348 g/mol. The largest absolute Gasteiger partial charge is 0.342 e. The molecular formula is C23H34N4O. The van der Waals surface area contributed by atoms with Crippen molar-refractivity contribution >= 4 is 17.1 Å². The maximum absolute atomic E-state index is 11.9. The summed E-state index contributed by atoms with van der Waals surface area (Å²) in [6.07, 6.45) is 5.42. The number of H-pyrrole nitrogens is 1. The second kappa shape index (κ2) is 9.26. The van der Waals surface area contributed by atoms with Crippen LogP contribution in [0.2, 0.25) is 0 Å². The van der Waals surface area contributed by atoms with Gasteiger partial charge in [-0.1, -0.05) is 44.6 Å². The maximum atomic E-state index is 11.9. The van der Waals surface area contributed by atoms with E-state index in [2.05, 4.69) is 61.5 Å². The molecule has 152 valence electrons.